The van der Waals surface area contributed by atoms with E-state index in [0.717, 1.165) is 16.9 Å². The monoisotopic (exact) mass is 180 g/mol. The quantitative estimate of drug-likeness (QED) is 0.645. The highest BCUT2D eigenvalue weighted by Crippen LogP contribution is 2.35. The molecule has 1 aliphatic rings. The van der Waals surface area contributed by atoms with Crippen LogP contribution in [0.3, 0.4) is 0 Å². The van der Waals surface area contributed by atoms with Crippen LogP contribution in [0.1, 0.15) is 30.9 Å². The van der Waals surface area contributed by atoms with Crippen LogP contribution in [0.5, 0.6) is 5.75 Å². The zero-order valence-electron chi connectivity index (χ0n) is 7.93. The molecule has 1 aromatic carbocycles. The van der Waals surface area contributed by atoms with E-state index in [9.17, 15) is 4.39 Å². The van der Waals surface area contributed by atoms with Crippen molar-refractivity contribution in [3.05, 3.63) is 29.1 Å². The van der Waals surface area contributed by atoms with Crippen molar-refractivity contribution in [1.82, 2.24) is 0 Å². The largest absolute Gasteiger partial charge is 0.493 e. The van der Waals surface area contributed by atoms with Gasteiger partial charge in [-0.15, -0.1) is 0 Å². The normalized spacial score (nSPS) is 14.5. The van der Waals surface area contributed by atoms with E-state index >= 15 is 0 Å². The van der Waals surface area contributed by atoms with Gasteiger partial charge in [-0.1, -0.05) is 19.9 Å². The summed E-state index contributed by atoms with van der Waals surface area (Å²) in [6.07, 6.45) is 0.710. The molecule has 0 saturated heterocycles. The Morgan fingerprint density at radius 1 is 1.38 bits per heavy atom. The molecule has 0 aliphatic carbocycles. The van der Waals surface area contributed by atoms with Crippen molar-refractivity contribution in [3.8, 4) is 5.75 Å². The van der Waals surface area contributed by atoms with Crippen molar-refractivity contribution in [2.45, 2.75) is 26.2 Å². The molecular formula is C11H13FO. The van der Waals surface area contributed by atoms with Crippen molar-refractivity contribution in [2.75, 3.05) is 6.61 Å². The fraction of sp³-hybridized carbons (Fsp3) is 0.455. The Morgan fingerprint density at radius 2 is 2.15 bits per heavy atom. The summed E-state index contributed by atoms with van der Waals surface area (Å²) in [4.78, 5) is 0. The molecule has 2 rings (SSSR count). The van der Waals surface area contributed by atoms with Gasteiger partial charge in [0.15, 0.2) is 0 Å². The third kappa shape index (κ3) is 1.30. The molecule has 0 unspecified atom stereocenters. The highest BCUT2D eigenvalue weighted by Gasteiger charge is 2.21. The molecule has 0 spiro atoms. The highest BCUT2D eigenvalue weighted by atomic mass is 19.1. The zero-order valence-corrected chi connectivity index (χ0v) is 7.93. The minimum atomic E-state index is -0.128. The van der Waals surface area contributed by atoms with Gasteiger partial charge in [-0.3, -0.25) is 0 Å². The SMILES string of the molecule is CC(C)c1ccc(F)c2c1OCC2. The summed E-state index contributed by atoms with van der Waals surface area (Å²) in [7, 11) is 0. The van der Waals surface area contributed by atoms with Crippen LogP contribution < -0.4 is 4.74 Å². The minimum absolute atomic E-state index is 0.128. The summed E-state index contributed by atoms with van der Waals surface area (Å²) in [6, 6.07) is 3.37. The predicted molar refractivity (Wildman–Crippen MR) is 49.7 cm³/mol. The Bertz CT molecular complexity index is 331. The average molecular weight is 180 g/mol. The average Bonchev–Trinajstić information content (AvgIpc) is 2.53. The van der Waals surface area contributed by atoms with Crippen molar-refractivity contribution < 1.29 is 9.13 Å². The van der Waals surface area contributed by atoms with Crippen LogP contribution in [-0.2, 0) is 6.42 Å². The molecule has 0 bridgehead atoms. The molecule has 0 N–H and O–H groups in total. The second-order valence-corrected chi connectivity index (χ2v) is 3.70. The van der Waals surface area contributed by atoms with Crippen LogP contribution in [-0.4, -0.2) is 6.61 Å². The van der Waals surface area contributed by atoms with E-state index in [0.29, 0.717) is 18.9 Å². The maximum Gasteiger partial charge on any atom is 0.130 e. The van der Waals surface area contributed by atoms with E-state index in [1.165, 1.54) is 0 Å². The van der Waals surface area contributed by atoms with E-state index in [1.807, 2.05) is 6.07 Å². The Balaban J connectivity index is 2.56. The van der Waals surface area contributed by atoms with E-state index in [2.05, 4.69) is 13.8 Å². The Hall–Kier alpha value is -1.05. The second-order valence-electron chi connectivity index (χ2n) is 3.70. The molecule has 1 nitrogen and oxygen atoms in total. The summed E-state index contributed by atoms with van der Waals surface area (Å²) in [5.74, 6) is 1.05. The highest BCUT2D eigenvalue weighted by molar-refractivity contribution is 5.46. The van der Waals surface area contributed by atoms with Crippen LogP contribution in [0.4, 0.5) is 4.39 Å². The third-order valence-corrected chi connectivity index (χ3v) is 2.45. The zero-order chi connectivity index (χ0) is 9.42. The first-order valence-corrected chi connectivity index (χ1v) is 4.64. The molecule has 0 radical (unpaired) electrons. The molecule has 0 fully saturated rings. The topological polar surface area (TPSA) is 9.23 Å². The van der Waals surface area contributed by atoms with Gasteiger partial charge in [-0.25, -0.2) is 4.39 Å². The lowest BCUT2D eigenvalue weighted by Gasteiger charge is -2.11. The van der Waals surface area contributed by atoms with E-state index < -0.39 is 0 Å². The lowest BCUT2D eigenvalue weighted by molar-refractivity contribution is 0.352. The molecule has 0 saturated carbocycles. The molecule has 0 amide bonds. The Morgan fingerprint density at radius 3 is 2.85 bits per heavy atom. The maximum absolute atomic E-state index is 13.3. The number of benzene rings is 1. The molecule has 0 aromatic heterocycles. The summed E-state index contributed by atoms with van der Waals surface area (Å²) in [6.45, 7) is 4.81. The van der Waals surface area contributed by atoms with Gasteiger partial charge in [0.1, 0.15) is 11.6 Å². The first-order chi connectivity index (χ1) is 6.20. The molecular weight excluding hydrogens is 167 g/mol. The maximum atomic E-state index is 13.3. The standard InChI is InChI=1S/C11H13FO/c1-7(2)8-3-4-10(12)9-5-6-13-11(8)9/h3-4,7H,5-6H2,1-2H3. The fourth-order valence-corrected chi connectivity index (χ4v) is 1.74. The second kappa shape index (κ2) is 3.02. The van der Waals surface area contributed by atoms with Gasteiger partial charge >= 0.3 is 0 Å². The molecule has 13 heavy (non-hydrogen) atoms. The van der Waals surface area contributed by atoms with Gasteiger partial charge in [0.2, 0.25) is 0 Å². The lowest BCUT2D eigenvalue weighted by atomic mass is 9.99. The van der Waals surface area contributed by atoms with Crippen LogP contribution in [0.15, 0.2) is 12.1 Å². The van der Waals surface area contributed by atoms with Crippen LogP contribution >= 0.6 is 0 Å². The van der Waals surface area contributed by atoms with Gasteiger partial charge in [0, 0.05) is 12.0 Å². The molecule has 70 valence electrons. The molecule has 1 heterocycles. The number of rotatable bonds is 1. The van der Waals surface area contributed by atoms with Crippen molar-refractivity contribution in [1.29, 1.82) is 0 Å². The molecule has 2 heteroatoms. The number of hydrogen-bond acceptors (Lipinski definition) is 1. The number of fused-ring (bicyclic) bond motifs is 1. The number of hydrogen-bond donors (Lipinski definition) is 0. The Kier molecular flexibility index (Phi) is 1.98. The van der Waals surface area contributed by atoms with Crippen LogP contribution in [0.25, 0.3) is 0 Å². The van der Waals surface area contributed by atoms with Crippen LogP contribution in [0.2, 0.25) is 0 Å². The van der Waals surface area contributed by atoms with Crippen LogP contribution in [0, 0.1) is 5.82 Å². The summed E-state index contributed by atoms with van der Waals surface area (Å²) >= 11 is 0. The fourth-order valence-electron chi connectivity index (χ4n) is 1.74. The van der Waals surface area contributed by atoms with Gasteiger partial charge in [0.25, 0.3) is 0 Å². The van der Waals surface area contributed by atoms with Crippen molar-refractivity contribution in [3.63, 3.8) is 0 Å². The third-order valence-electron chi connectivity index (χ3n) is 2.45. The minimum Gasteiger partial charge on any atom is -0.493 e. The van der Waals surface area contributed by atoms with E-state index in [1.54, 1.807) is 6.07 Å². The Labute approximate surface area is 77.5 Å². The first kappa shape index (κ1) is 8.54. The molecule has 0 atom stereocenters. The lowest BCUT2D eigenvalue weighted by Crippen LogP contribution is -1.94. The summed E-state index contributed by atoms with van der Waals surface area (Å²) in [5.41, 5.74) is 1.88. The number of halogens is 1. The van der Waals surface area contributed by atoms with Crippen molar-refractivity contribution in [2.24, 2.45) is 0 Å². The van der Waals surface area contributed by atoms with Gasteiger partial charge in [-0.2, -0.15) is 0 Å². The van der Waals surface area contributed by atoms with Gasteiger partial charge in [-0.05, 0) is 17.5 Å². The van der Waals surface area contributed by atoms with Gasteiger partial charge in [0.05, 0.1) is 6.61 Å². The van der Waals surface area contributed by atoms with Gasteiger partial charge < -0.3 is 4.74 Å². The molecule has 1 aliphatic heterocycles. The first-order valence-electron chi connectivity index (χ1n) is 4.64. The van der Waals surface area contributed by atoms with Crippen molar-refractivity contribution >= 4 is 0 Å². The predicted octanol–water partition coefficient (Wildman–Crippen LogP) is 2.88. The smallest absolute Gasteiger partial charge is 0.130 e. The van der Waals surface area contributed by atoms with E-state index in [-0.39, 0.29) is 5.82 Å². The number of ether oxygens (including phenoxy) is 1. The molecule has 1 aromatic rings. The van der Waals surface area contributed by atoms with E-state index in [4.69, 9.17) is 4.74 Å². The summed E-state index contributed by atoms with van der Waals surface area (Å²) < 4.78 is 18.7. The summed E-state index contributed by atoms with van der Waals surface area (Å²) in [5, 5.41) is 0.